The summed E-state index contributed by atoms with van der Waals surface area (Å²) in [7, 11) is -1.41. The zero-order chi connectivity index (χ0) is 18.8. The number of benzene rings is 2. The molecule has 140 valence electrons. The van der Waals surface area contributed by atoms with Crippen LogP contribution in [0.3, 0.4) is 0 Å². The zero-order valence-electron chi connectivity index (χ0n) is 14.6. The van der Waals surface area contributed by atoms with E-state index in [1.54, 1.807) is 9.79 Å². The minimum atomic E-state index is -1.41. The summed E-state index contributed by atoms with van der Waals surface area (Å²) >= 11 is 0. The topological polar surface area (TPSA) is 85.2 Å². The molecule has 7 nitrogen and oxygen atoms in total. The van der Waals surface area contributed by atoms with Gasteiger partial charge in [0.15, 0.2) is 11.0 Å². The minimum absolute atomic E-state index is 0.0137. The highest BCUT2D eigenvalue weighted by Crippen LogP contribution is 2.42. The smallest absolute Gasteiger partial charge is 0.245 e. The van der Waals surface area contributed by atoms with Crippen molar-refractivity contribution in [3.05, 3.63) is 54.1 Å². The fraction of sp³-hybridized carbons (Fsp3) is 0.263. The Balaban J connectivity index is 1.66. The molecule has 0 fully saturated rings. The molecule has 0 spiro atoms. The van der Waals surface area contributed by atoms with E-state index >= 15 is 0 Å². The lowest BCUT2D eigenvalue weighted by Crippen LogP contribution is -2.30. The Bertz CT molecular complexity index is 900. The number of rotatable bonds is 4. The predicted molar refractivity (Wildman–Crippen MR) is 104 cm³/mol. The third-order valence-electron chi connectivity index (χ3n) is 4.77. The van der Waals surface area contributed by atoms with Crippen LogP contribution in [-0.2, 0) is 15.8 Å². The lowest BCUT2D eigenvalue weighted by Gasteiger charge is -2.26. The number of carbonyl (C=O) groups excluding carboxylic acids is 1. The molecule has 0 aromatic heterocycles. The fourth-order valence-electron chi connectivity index (χ4n) is 3.49. The number of aliphatic imine (C=N–C) groups is 1. The fourth-order valence-corrected chi connectivity index (χ4v) is 5.03. The van der Waals surface area contributed by atoms with Crippen LogP contribution in [0.2, 0.25) is 0 Å². The summed E-state index contributed by atoms with van der Waals surface area (Å²) in [5.41, 5.74) is 4.30. The first kappa shape index (κ1) is 17.7. The Hall–Kier alpha value is -2.71. The van der Waals surface area contributed by atoms with E-state index in [0.29, 0.717) is 4.90 Å². The third kappa shape index (κ3) is 3.33. The maximum Gasteiger partial charge on any atom is 0.245 e. The average Bonchev–Trinajstić information content (AvgIpc) is 3.00. The molecule has 27 heavy (non-hydrogen) atoms. The molecule has 4 rings (SSSR count). The number of carbonyl (C=O) groups is 1. The minimum Gasteiger partial charge on any atom is -0.333 e. The molecule has 1 amide bonds. The van der Waals surface area contributed by atoms with Crippen LogP contribution in [0.1, 0.15) is 24.4 Å². The first-order valence-electron chi connectivity index (χ1n) is 8.78. The summed E-state index contributed by atoms with van der Waals surface area (Å²) < 4.78 is 14.8. The number of amides is 1. The van der Waals surface area contributed by atoms with Crippen LogP contribution in [0.25, 0.3) is 0 Å². The molecule has 2 unspecified atom stereocenters. The first-order chi connectivity index (χ1) is 13.2. The molecule has 2 aliphatic heterocycles. The van der Waals surface area contributed by atoms with Crippen molar-refractivity contribution in [2.75, 3.05) is 22.3 Å². The largest absolute Gasteiger partial charge is 0.333 e. The lowest BCUT2D eigenvalue weighted by molar-refractivity contribution is -0.129. The molecule has 0 saturated carbocycles. The lowest BCUT2D eigenvalue weighted by atomic mass is 10.0. The Morgan fingerprint density at radius 2 is 1.93 bits per heavy atom. The molecule has 2 aromatic carbocycles. The van der Waals surface area contributed by atoms with Gasteiger partial charge in [0.05, 0.1) is 29.4 Å². The van der Waals surface area contributed by atoms with Gasteiger partial charge in [-0.1, -0.05) is 18.2 Å². The van der Waals surface area contributed by atoms with E-state index in [2.05, 4.69) is 9.89 Å². The average molecular weight is 384 g/mol. The van der Waals surface area contributed by atoms with Crippen molar-refractivity contribution in [2.45, 2.75) is 23.8 Å². The van der Waals surface area contributed by atoms with Crippen LogP contribution in [-0.4, -0.2) is 34.8 Å². The molecule has 0 radical (unpaired) electrons. The number of hydroxylamine groups is 1. The monoisotopic (exact) mass is 384 g/mol. The second kappa shape index (κ2) is 7.50. The Morgan fingerprint density at radius 1 is 1.19 bits per heavy atom. The summed E-state index contributed by atoms with van der Waals surface area (Å²) in [6.07, 6.45) is 2.87. The molecule has 8 heteroatoms. The van der Waals surface area contributed by atoms with Gasteiger partial charge in [0.2, 0.25) is 5.91 Å². The van der Waals surface area contributed by atoms with Gasteiger partial charge in [-0.05, 0) is 42.3 Å². The maximum atomic E-state index is 13.1. The molecule has 0 bridgehead atoms. The number of nitrogens with zero attached hydrogens (tertiary/aromatic N) is 3. The van der Waals surface area contributed by atoms with E-state index < -0.39 is 22.9 Å². The molecule has 2 aliphatic rings. The summed E-state index contributed by atoms with van der Waals surface area (Å²) in [6, 6.07) is 14.7. The van der Waals surface area contributed by atoms with Crippen LogP contribution >= 0.6 is 0 Å². The van der Waals surface area contributed by atoms with E-state index in [4.69, 9.17) is 5.21 Å². The van der Waals surface area contributed by atoms with Crippen molar-refractivity contribution >= 4 is 34.6 Å². The van der Waals surface area contributed by atoms with Crippen molar-refractivity contribution in [1.29, 1.82) is 0 Å². The van der Waals surface area contributed by atoms with Gasteiger partial charge in [-0.25, -0.2) is 9.69 Å². The number of fused-ring (bicyclic) bond motifs is 1. The highest BCUT2D eigenvalue weighted by atomic mass is 32.2. The van der Waals surface area contributed by atoms with Gasteiger partial charge >= 0.3 is 0 Å². The number of anilines is 2. The molecule has 2 N–H and O–H groups in total. The van der Waals surface area contributed by atoms with Gasteiger partial charge in [-0.3, -0.25) is 19.3 Å². The van der Waals surface area contributed by atoms with Crippen molar-refractivity contribution in [1.82, 2.24) is 5.48 Å². The highest BCUT2D eigenvalue weighted by molar-refractivity contribution is 7.87. The third-order valence-corrected chi connectivity index (χ3v) is 6.35. The standard InChI is InChI=1S/C19H20N4O3S/c24-19(21-25)12-17-16-4-1-2-5-18(16)27(26)23(17)15-8-6-14(7-9-15)22-11-3-10-20-13-22/h1-2,4-9,13,17,25H,3,10-12H2,(H,21,24). The second-order valence-electron chi connectivity index (χ2n) is 6.45. The summed E-state index contributed by atoms with van der Waals surface area (Å²) in [5, 5.41) is 8.93. The summed E-state index contributed by atoms with van der Waals surface area (Å²) in [4.78, 5) is 18.9. The second-order valence-corrected chi connectivity index (χ2v) is 7.78. The van der Waals surface area contributed by atoms with Gasteiger partial charge in [0.1, 0.15) is 0 Å². The van der Waals surface area contributed by atoms with E-state index in [-0.39, 0.29) is 6.42 Å². The van der Waals surface area contributed by atoms with Gasteiger partial charge in [-0.15, -0.1) is 0 Å². The Morgan fingerprint density at radius 3 is 2.63 bits per heavy atom. The number of nitrogens with one attached hydrogen (secondary N) is 1. The van der Waals surface area contributed by atoms with Crippen LogP contribution < -0.4 is 14.7 Å². The van der Waals surface area contributed by atoms with E-state index in [1.165, 1.54) is 0 Å². The number of hydrogen-bond donors (Lipinski definition) is 2. The van der Waals surface area contributed by atoms with Crippen LogP contribution in [0.15, 0.2) is 58.4 Å². The first-order valence-corrected chi connectivity index (χ1v) is 9.89. The normalized spacial score (nSPS) is 21.2. The quantitative estimate of drug-likeness (QED) is 0.626. The van der Waals surface area contributed by atoms with E-state index in [0.717, 1.165) is 36.4 Å². The Labute approximate surface area is 159 Å². The zero-order valence-corrected chi connectivity index (χ0v) is 15.4. The highest BCUT2D eigenvalue weighted by Gasteiger charge is 2.37. The molecular weight excluding hydrogens is 364 g/mol. The van der Waals surface area contributed by atoms with Crippen molar-refractivity contribution in [3.8, 4) is 0 Å². The van der Waals surface area contributed by atoms with Crippen molar-refractivity contribution in [2.24, 2.45) is 4.99 Å². The van der Waals surface area contributed by atoms with E-state index in [1.807, 2.05) is 54.9 Å². The molecule has 2 atom stereocenters. The van der Waals surface area contributed by atoms with Crippen molar-refractivity contribution < 1.29 is 14.2 Å². The Kier molecular flexibility index (Phi) is 4.91. The van der Waals surface area contributed by atoms with Gasteiger partial charge < -0.3 is 4.90 Å². The molecule has 2 heterocycles. The van der Waals surface area contributed by atoms with Gasteiger partial charge in [0.25, 0.3) is 0 Å². The molecule has 2 aromatic rings. The molecule has 0 aliphatic carbocycles. The van der Waals surface area contributed by atoms with Gasteiger partial charge in [-0.2, -0.15) is 0 Å². The van der Waals surface area contributed by atoms with Crippen LogP contribution in [0.5, 0.6) is 0 Å². The van der Waals surface area contributed by atoms with Crippen molar-refractivity contribution in [3.63, 3.8) is 0 Å². The molecule has 0 saturated heterocycles. The predicted octanol–water partition coefficient (Wildman–Crippen LogP) is 2.40. The van der Waals surface area contributed by atoms with E-state index in [9.17, 15) is 9.00 Å². The maximum absolute atomic E-state index is 13.1. The number of hydrogen-bond acceptors (Lipinski definition) is 5. The molecular formula is C19H20N4O3S. The summed E-state index contributed by atoms with van der Waals surface area (Å²) in [6.45, 7) is 1.78. The van der Waals surface area contributed by atoms with Crippen LogP contribution in [0.4, 0.5) is 11.4 Å². The van der Waals surface area contributed by atoms with Gasteiger partial charge in [0, 0.05) is 18.8 Å². The summed E-state index contributed by atoms with van der Waals surface area (Å²) in [5.74, 6) is -0.514. The SMILES string of the molecule is O=C(CC1c2ccccc2S(=O)N1c1ccc(N2C=NCCC2)cc1)NO. The van der Waals surface area contributed by atoms with Crippen LogP contribution in [0, 0.1) is 0 Å².